The maximum Gasteiger partial charge on any atom is 0.270 e. The van der Waals surface area contributed by atoms with Gasteiger partial charge in [-0.2, -0.15) is 4.58 Å². The number of benzene rings is 4. The van der Waals surface area contributed by atoms with Crippen LogP contribution in [0.4, 0.5) is 17.1 Å². The molecule has 3 heterocycles. The van der Waals surface area contributed by atoms with Crippen LogP contribution >= 0.6 is 0 Å². The molecule has 1 aromatic heterocycles. The molecule has 5 aromatic rings. The van der Waals surface area contributed by atoms with E-state index >= 15 is 0 Å². The van der Waals surface area contributed by atoms with Crippen LogP contribution in [0.15, 0.2) is 127 Å². The van der Waals surface area contributed by atoms with Crippen molar-refractivity contribution in [1.82, 2.24) is 4.98 Å². The molecular formula is C44H47N4O3+. The van der Waals surface area contributed by atoms with Gasteiger partial charge in [0.1, 0.15) is 12.4 Å². The van der Waals surface area contributed by atoms with Gasteiger partial charge < -0.3 is 14.6 Å². The zero-order chi connectivity index (χ0) is 35.8. The molecule has 7 nitrogen and oxygen atoms in total. The monoisotopic (exact) mass is 679 g/mol. The van der Waals surface area contributed by atoms with Crippen molar-refractivity contribution in [2.24, 2.45) is 5.92 Å². The third kappa shape index (κ3) is 6.37. The summed E-state index contributed by atoms with van der Waals surface area (Å²) in [5, 5.41) is 14.4. The van der Waals surface area contributed by atoms with Gasteiger partial charge in [-0.1, -0.05) is 68.5 Å². The summed E-state index contributed by atoms with van der Waals surface area (Å²) in [4.78, 5) is 17.6. The molecule has 0 saturated heterocycles. The number of anilines is 1. The fraction of sp³-hybridized carbons (Fsp3) is 0.295. The minimum atomic E-state index is -0.469. The van der Waals surface area contributed by atoms with Crippen LogP contribution in [0.1, 0.15) is 57.9 Å². The molecule has 0 spiro atoms. The fourth-order valence-corrected chi connectivity index (χ4v) is 8.08. The number of allylic oxidation sites excluding steroid dienone is 4. The number of nitrogens with one attached hydrogen (secondary N) is 1. The number of nitrogens with zero attached hydrogens (tertiary/aromatic N) is 3. The van der Waals surface area contributed by atoms with Gasteiger partial charge in [-0.3, -0.25) is 10.1 Å². The summed E-state index contributed by atoms with van der Waals surface area (Å²) in [5.41, 5.74) is 7.44. The zero-order valence-corrected chi connectivity index (χ0v) is 30.2. The van der Waals surface area contributed by atoms with Crippen LogP contribution in [0.2, 0.25) is 0 Å². The Bertz CT molecular complexity index is 2160. The number of aromatic amines is 1. The maximum atomic E-state index is 11.8. The number of H-pyrrole nitrogens is 1. The molecule has 1 atom stereocenters. The highest BCUT2D eigenvalue weighted by Crippen LogP contribution is 2.52. The van der Waals surface area contributed by atoms with Gasteiger partial charge in [-0.05, 0) is 85.9 Å². The molecule has 2 aliphatic heterocycles. The highest BCUT2D eigenvalue weighted by atomic mass is 16.6. The molecule has 2 aliphatic rings. The quantitative estimate of drug-likeness (QED) is 0.0809. The van der Waals surface area contributed by atoms with E-state index in [4.69, 9.17) is 4.74 Å². The number of hydrogen-bond acceptors (Lipinski definition) is 4. The van der Waals surface area contributed by atoms with Crippen molar-refractivity contribution >= 4 is 33.5 Å². The van der Waals surface area contributed by atoms with E-state index in [-0.39, 0.29) is 16.0 Å². The third-order valence-corrected chi connectivity index (χ3v) is 10.7. The molecule has 1 unspecified atom stereocenters. The largest absolute Gasteiger partial charge is 0.487 e. The van der Waals surface area contributed by atoms with Gasteiger partial charge >= 0.3 is 0 Å². The minimum Gasteiger partial charge on any atom is -0.487 e. The lowest BCUT2D eigenvalue weighted by molar-refractivity contribution is -0.440. The van der Waals surface area contributed by atoms with Crippen molar-refractivity contribution in [2.45, 2.75) is 58.3 Å². The number of rotatable bonds is 12. The van der Waals surface area contributed by atoms with Crippen LogP contribution in [0, 0.1) is 16.0 Å². The summed E-state index contributed by atoms with van der Waals surface area (Å²) in [7, 11) is 0. The molecule has 0 aliphatic carbocycles. The van der Waals surface area contributed by atoms with Crippen molar-refractivity contribution < 1.29 is 14.2 Å². The van der Waals surface area contributed by atoms with Crippen molar-refractivity contribution in [2.75, 3.05) is 24.6 Å². The number of fused-ring (bicyclic) bond motifs is 4. The third-order valence-electron chi connectivity index (χ3n) is 10.7. The summed E-state index contributed by atoms with van der Waals surface area (Å²) >= 11 is 0. The van der Waals surface area contributed by atoms with E-state index in [1.165, 1.54) is 33.4 Å². The SMILES string of the molecule is CC(C)CCN1C(=CC=CC2=[N+](CCOc3ccccc3)c3ccc([N+](=O)[O-])cc3C2(C)C)C(C)(Cc2ccc[nH]2)c2c1ccc1ccccc21. The van der Waals surface area contributed by atoms with Crippen LogP contribution in [0.3, 0.4) is 0 Å². The zero-order valence-electron chi connectivity index (χ0n) is 30.2. The lowest BCUT2D eigenvalue weighted by Crippen LogP contribution is -2.32. The van der Waals surface area contributed by atoms with E-state index in [2.05, 4.69) is 116 Å². The van der Waals surface area contributed by atoms with E-state index in [0.717, 1.165) is 42.1 Å². The Hall–Kier alpha value is -5.43. The highest BCUT2D eigenvalue weighted by molar-refractivity contribution is 6.03. The molecule has 1 N–H and O–H groups in total. The second-order valence-corrected chi connectivity index (χ2v) is 14.9. The number of nitro benzene ring substituents is 1. The summed E-state index contributed by atoms with van der Waals surface area (Å²) in [6.07, 6.45) is 10.6. The fourth-order valence-electron chi connectivity index (χ4n) is 8.08. The molecule has 260 valence electrons. The van der Waals surface area contributed by atoms with Gasteiger partial charge in [0.05, 0.1) is 10.3 Å². The molecule has 0 amide bonds. The Morgan fingerprint density at radius 1 is 0.961 bits per heavy atom. The lowest BCUT2D eigenvalue weighted by atomic mass is 9.75. The predicted octanol–water partition coefficient (Wildman–Crippen LogP) is 10.0. The lowest BCUT2D eigenvalue weighted by Gasteiger charge is -2.31. The predicted molar refractivity (Wildman–Crippen MR) is 208 cm³/mol. The summed E-state index contributed by atoms with van der Waals surface area (Å²) in [6.45, 7) is 13.3. The Morgan fingerprint density at radius 3 is 2.49 bits per heavy atom. The maximum absolute atomic E-state index is 11.8. The molecule has 7 heteroatoms. The van der Waals surface area contributed by atoms with Gasteiger partial charge in [0, 0.05) is 71.5 Å². The standard InChI is InChI=1S/C44H47N4O3/c1-31(2)24-26-46-39-22-20-32-13-9-10-17-36(32)42(39)44(5,30-33-14-12-25-45-33)41(46)19-11-18-40-43(3,4)37-29-34(48(49)50)21-23-38(37)47(40)27-28-51-35-15-7-6-8-16-35/h6-23,25,29,31,45H,24,26-28,30H2,1-5H3/q+1. The van der Waals surface area contributed by atoms with Gasteiger partial charge in [0.2, 0.25) is 5.69 Å². The number of aromatic nitrogens is 1. The molecule has 0 saturated carbocycles. The first-order chi connectivity index (χ1) is 24.6. The van der Waals surface area contributed by atoms with Gasteiger partial charge in [-0.25, -0.2) is 0 Å². The molecule has 0 radical (unpaired) electrons. The van der Waals surface area contributed by atoms with Crippen LogP contribution in [-0.4, -0.2) is 39.9 Å². The van der Waals surface area contributed by atoms with Crippen LogP contribution in [-0.2, 0) is 17.3 Å². The van der Waals surface area contributed by atoms with Crippen LogP contribution in [0.25, 0.3) is 10.8 Å². The summed E-state index contributed by atoms with van der Waals surface area (Å²) in [6, 6.07) is 32.6. The minimum absolute atomic E-state index is 0.103. The number of nitro groups is 1. The van der Waals surface area contributed by atoms with Crippen molar-refractivity contribution in [3.8, 4) is 5.75 Å². The Balaban J connectivity index is 1.33. The summed E-state index contributed by atoms with van der Waals surface area (Å²) in [5.74, 6) is 1.38. The van der Waals surface area contributed by atoms with Crippen LogP contribution in [0.5, 0.6) is 5.75 Å². The van der Waals surface area contributed by atoms with Gasteiger partial charge in [0.15, 0.2) is 12.3 Å². The van der Waals surface area contributed by atoms with E-state index in [9.17, 15) is 10.1 Å². The van der Waals surface area contributed by atoms with Crippen LogP contribution < -0.4 is 9.64 Å². The number of ether oxygens (including phenoxy) is 1. The number of hydrogen-bond donors (Lipinski definition) is 1. The van der Waals surface area contributed by atoms with E-state index in [1.54, 1.807) is 12.1 Å². The van der Waals surface area contributed by atoms with E-state index in [1.807, 2.05) is 42.6 Å². The number of para-hydroxylation sites is 1. The highest BCUT2D eigenvalue weighted by Gasteiger charge is 2.46. The topological polar surface area (TPSA) is 74.4 Å². The molecular weight excluding hydrogens is 633 g/mol. The second-order valence-electron chi connectivity index (χ2n) is 14.9. The van der Waals surface area contributed by atoms with Crippen molar-refractivity contribution in [1.29, 1.82) is 0 Å². The molecule has 0 fully saturated rings. The average Bonchev–Trinajstić information content (AvgIpc) is 3.77. The molecule has 7 rings (SSSR count). The Morgan fingerprint density at radius 2 is 1.75 bits per heavy atom. The van der Waals surface area contributed by atoms with Crippen molar-refractivity contribution in [3.63, 3.8) is 0 Å². The molecule has 51 heavy (non-hydrogen) atoms. The summed E-state index contributed by atoms with van der Waals surface area (Å²) < 4.78 is 8.41. The first-order valence-electron chi connectivity index (χ1n) is 18.0. The second kappa shape index (κ2) is 13.7. The van der Waals surface area contributed by atoms with Crippen molar-refractivity contribution in [3.05, 3.63) is 154 Å². The Labute approximate surface area is 300 Å². The van der Waals surface area contributed by atoms with Gasteiger partial charge in [-0.15, -0.1) is 0 Å². The first-order valence-corrected chi connectivity index (χ1v) is 18.0. The normalized spacial score (nSPS) is 18.7. The Kier molecular flexibility index (Phi) is 9.15. The van der Waals surface area contributed by atoms with E-state index < -0.39 is 5.41 Å². The van der Waals surface area contributed by atoms with E-state index in [0.29, 0.717) is 19.1 Å². The first kappa shape index (κ1) is 34.0. The average molecular weight is 680 g/mol. The smallest absolute Gasteiger partial charge is 0.270 e. The molecule has 0 bridgehead atoms. The molecule has 4 aromatic carbocycles. The number of non-ortho nitro benzene ring substituents is 1. The van der Waals surface area contributed by atoms with Gasteiger partial charge in [0.25, 0.3) is 5.69 Å².